The number of rotatable bonds is 5. The highest BCUT2D eigenvalue weighted by Crippen LogP contribution is 2.31. The second-order valence-corrected chi connectivity index (χ2v) is 7.10. The van der Waals surface area contributed by atoms with E-state index in [1.807, 2.05) is 72.5 Å². The van der Waals surface area contributed by atoms with Crippen LogP contribution < -0.4 is 4.74 Å². The van der Waals surface area contributed by atoms with Crippen LogP contribution in [0.25, 0.3) is 33.3 Å². The van der Waals surface area contributed by atoms with Crippen molar-refractivity contribution < 1.29 is 4.74 Å². The fraction of sp³-hybridized carbons (Fsp3) is 0.0800. The van der Waals surface area contributed by atoms with Crippen LogP contribution in [0.3, 0.4) is 0 Å². The highest BCUT2D eigenvalue weighted by Gasteiger charge is 2.12. The third kappa shape index (κ3) is 3.65. The van der Waals surface area contributed by atoms with Crippen molar-refractivity contribution in [2.75, 3.05) is 0 Å². The Morgan fingerprint density at radius 1 is 0.833 bits per heavy atom. The van der Waals surface area contributed by atoms with E-state index in [1.54, 1.807) is 6.20 Å². The second-order valence-electron chi connectivity index (χ2n) is 7.10. The first-order chi connectivity index (χ1) is 14.8. The van der Waals surface area contributed by atoms with E-state index in [-0.39, 0.29) is 0 Å². The van der Waals surface area contributed by atoms with Crippen molar-refractivity contribution in [1.82, 2.24) is 19.7 Å². The van der Waals surface area contributed by atoms with Gasteiger partial charge in [0, 0.05) is 42.0 Å². The lowest BCUT2D eigenvalue weighted by atomic mass is 10.0. The van der Waals surface area contributed by atoms with Gasteiger partial charge in [0.1, 0.15) is 12.3 Å². The van der Waals surface area contributed by atoms with Crippen molar-refractivity contribution in [1.29, 1.82) is 0 Å². The van der Waals surface area contributed by atoms with Crippen LogP contribution in [0, 0.1) is 0 Å². The molecule has 0 fully saturated rings. The number of hydrogen-bond donors (Lipinski definition) is 0. The summed E-state index contributed by atoms with van der Waals surface area (Å²) in [5.41, 5.74) is 5.89. The third-order valence-corrected chi connectivity index (χ3v) is 4.95. The van der Waals surface area contributed by atoms with Crippen molar-refractivity contribution in [2.24, 2.45) is 7.05 Å². The molecular formula is C25H20N4O. The maximum atomic E-state index is 5.85. The summed E-state index contributed by atoms with van der Waals surface area (Å²) < 4.78 is 7.68. The molecular weight excluding hydrogens is 372 g/mol. The van der Waals surface area contributed by atoms with Gasteiger partial charge in [-0.05, 0) is 23.8 Å². The molecule has 2 aromatic carbocycles. The molecule has 0 aliphatic heterocycles. The van der Waals surface area contributed by atoms with Gasteiger partial charge >= 0.3 is 0 Å². The molecule has 146 valence electrons. The van der Waals surface area contributed by atoms with Gasteiger partial charge in [-0.2, -0.15) is 5.10 Å². The summed E-state index contributed by atoms with van der Waals surface area (Å²) in [5, 5.41) is 5.75. The summed E-state index contributed by atoms with van der Waals surface area (Å²) in [6.07, 6.45) is 3.83. The van der Waals surface area contributed by atoms with Gasteiger partial charge < -0.3 is 4.74 Å². The molecule has 0 radical (unpaired) electrons. The first-order valence-electron chi connectivity index (χ1n) is 9.79. The lowest BCUT2D eigenvalue weighted by Gasteiger charge is -2.07. The van der Waals surface area contributed by atoms with E-state index in [4.69, 9.17) is 4.74 Å². The molecule has 30 heavy (non-hydrogen) atoms. The van der Waals surface area contributed by atoms with Crippen molar-refractivity contribution in [3.8, 4) is 28.3 Å². The molecule has 0 aliphatic rings. The molecule has 0 bridgehead atoms. The monoisotopic (exact) mass is 392 g/mol. The van der Waals surface area contributed by atoms with Gasteiger partial charge in [-0.25, -0.2) is 9.97 Å². The topological polar surface area (TPSA) is 52.8 Å². The van der Waals surface area contributed by atoms with E-state index in [9.17, 15) is 0 Å². The summed E-state index contributed by atoms with van der Waals surface area (Å²) >= 11 is 0. The molecule has 0 aliphatic carbocycles. The van der Waals surface area contributed by atoms with E-state index < -0.39 is 0 Å². The number of benzene rings is 2. The Kier molecular flexibility index (Phi) is 4.69. The van der Waals surface area contributed by atoms with Gasteiger partial charge in [0.2, 0.25) is 5.88 Å². The Hall–Kier alpha value is -3.99. The number of para-hydroxylation sites is 1. The average Bonchev–Trinajstić information content (AvgIpc) is 3.20. The number of nitrogens with zero attached hydrogens (tertiary/aromatic N) is 4. The van der Waals surface area contributed by atoms with E-state index in [1.165, 1.54) is 0 Å². The van der Waals surface area contributed by atoms with E-state index in [2.05, 4.69) is 39.3 Å². The largest absolute Gasteiger partial charge is 0.471 e. The zero-order valence-electron chi connectivity index (χ0n) is 16.6. The second kappa shape index (κ2) is 7.79. The molecule has 5 aromatic rings. The van der Waals surface area contributed by atoms with Crippen molar-refractivity contribution >= 4 is 10.9 Å². The Morgan fingerprint density at radius 2 is 1.67 bits per heavy atom. The van der Waals surface area contributed by atoms with Gasteiger partial charge in [0.15, 0.2) is 0 Å². The number of hydrogen-bond acceptors (Lipinski definition) is 4. The molecule has 0 saturated heterocycles. The smallest absolute Gasteiger partial charge is 0.213 e. The molecule has 0 amide bonds. The standard InChI is InChI=1S/C25H20N4O/c1-29-16-22(18-7-3-2-4-8-18)25(28-29)20-12-14-24(26-15-20)30-17-21-13-11-19-9-5-6-10-23(19)27-21/h2-16H,17H2,1H3. The highest BCUT2D eigenvalue weighted by molar-refractivity contribution is 5.80. The van der Waals surface area contributed by atoms with Crippen LogP contribution in [0.2, 0.25) is 0 Å². The molecule has 0 saturated carbocycles. The van der Waals surface area contributed by atoms with Crippen LogP contribution in [0.1, 0.15) is 5.69 Å². The molecule has 0 spiro atoms. The third-order valence-electron chi connectivity index (χ3n) is 4.95. The van der Waals surface area contributed by atoms with Crippen LogP contribution in [0.4, 0.5) is 0 Å². The molecule has 5 rings (SSSR count). The molecule has 0 atom stereocenters. The number of pyridine rings is 2. The van der Waals surface area contributed by atoms with Crippen LogP contribution in [0.15, 0.2) is 91.3 Å². The maximum Gasteiger partial charge on any atom is 0.213 e. The minimum atomic E-state index is 0.371. The lowest BCUT2D eigenvalue weighted by Crippen LogP contribution is -2.00. The van der Waals surface area contributed by atoms with Gasteiger partial charge in [-0.3, -0.25) is 4.68 Å². The molecule has 3 heterocycles. The fourth-order valence-corrected chi connectivity index (χ4v) is 3.47. The molecule has 3 aromatic heterocycles. The number of aryl methyl sites for hydroxylation is 1. The zero-order valence-corrected chi connectivity index (χ0v) is 16.6. The predicted octanol–water partition coefficient (Wildman–Crippen LogP) is 5.28. The number of fused-ring (bicyclic) bond motifs is 1. The zero-order chi connectivity index (χ0) is 20.3. The maximum absolute atomic E-state index is 5.85. The summed E-state index contributed by atoms with van der Waals surface area (Å²) in [6.45, 7) is 0.371. The van der Waals surface area contributed by atoms with Crippen molar-refractivity contribution in [3.05, 3.63) is 97.0 Å². The van der Waals surface area contributed by atoms with E-state index in [0.29, 0.717) is 12.5 Å². The first-order valence-corrected chi connectivity index (χ1v) is 9.79. The normalized spacial score (nSPS) is 11.0. The minimum absolute atomic E-state index is 0.371. The molecule has 0 N–H and O–H groups in total. The predicted molar refractivity (Wildman–Crippen MR) is 118 cm³/mol. The Morgan fingerprint density at radius 3 is 2.50 bits per heavy atom. The van der Waals surface area contributed by atoms with Crippen LogP contribution in [-0.4, -0.2) is 19.7 Å². The van der Waals surface area contributed by atoms with E-state index >= 15 is 0 Å². The van der Waals surface area contributed by atoms with Gasteiger partial charge in [-0.1, -0.05) is 54.6 Å². The van der Waals surface area contributed by atoms with Crippen LogP contribution in [0.5, 0.6) is 5.88 Å². The van der Waals surface area contributed by atoms with Gasteiger partial charge in [-0.15, -0.1) is 0 Å². The van der Waals surface area contributed by atoms with Crippen LogP contribution >= 0.6 is 0 Å². The Labute approximate surface area is 174 Å². The Balaban J connectivity index is 1.35. The fourth-order valence-electron chi connectivity index (χ4n) is 3.47. The minimum Gasteiger partial charge on any atom is -0.471 e. The Bertz CT molecular complexity index is 1290. The van der Waals surface area contributed by atoms with E-state index in [0.717, 1.165) is 39.0 Å². The summed E-state index contributed by atoms with van der Waals surface area (Å²) in [5.74, 6) is 0.561. The number of ether oxygens (including phenoxy) is 1. The molecule has 5 heteroatoms. The average molecular weight is 392 g/mol. The molecule has 0 unspecified atom stereocenters. The lowest BCUT2D eigenvalue weighted by molar-refractivity contribution is 0.290. The summed E-state index contributed by atoms with van der Waals surface area (Å²) in [6, 6.07) is 26.2. The van der Waals surface area contributed by atoms with Crippen LogP contribution in [-0.2, 0) is 13.7 Å². The van der Waals surface area contributed by atoms with Gasteiger partial charge in [0.05, 0.1) is 11.2 Å². The van der Waals surface area contributed by atoms with Gasteiger partial charge in [0.25, 0.3) is 0 Å². The summed E-state index contributed by atoms with van der Waals surface area (Å²) in [4.78, 5) is 9.12. The molecule has 5 nitrogen and oxygen atoms in total. The number of aromatic nitrogens is 4. The van der Waals surface area contributed by atoms with Crippen molar-refractivity contribution in [3.63, 3.8) is 0 Å². The quantitative estimate of drug-likeness (QED) is 0.408. The van der Waals surface area contributed by atoms with Crippen molar-refractivity contribution in [2.45, 2.75) is 6.61 Å². The first kappa shape index (κ1) is 18.1. The SMILES string of the molecule is Cn1cc(-c2ccccc2)c(-c2ccc(OCc3ccc4ccccc4n3)nc2)n1. The highest BCUT2D eigenvalue weighted by atomic mass is 16.5. The summed E-state index contributed by atoms with van der Waals surface area (Å²) in [7, 11) is 1.93.